The van der Waals surface area contributed by atoms with Crippen LogP contribution >= 0.6 is 23.4 Å². The molecule has 0 aliphatic heterocycles. The van der Waals surface area contributed by atoms with Gasteiger partial charge in [-0.1, -0.05) is 23.7 Å². The second-order valence-electron chi connectivity index (χ2n) is 5.43. The first-order valence-electron chi connectivity index (χ1n) is 7.95. The lowest BCUT2D eigenvalue weighted by Gasteiger charge is -2.14. The Balaban J connectivity index is 1.85. The fraction of sp³-hybridized carbons (Fsp3) is 0.316. The van der Waals surface area contributed by atoms with E-state index in [4.69, 9.17) is 25.8 Å². The number of nitrogens with one attached hydrogen (secondary N) is 1. The molecule has 0 fully saturated rings. The van der Waals surface area contributed by atoms with Gasteiger partial charge in [-0.25, -0.2) is 0 Å². The van der Waals surface area contributed by atoms with Crippen LogP contribution in [0.3, 0.4) is 0 Å². The Labute approximate surface area is 163 Å². The largest absolute Gasteiger partial charge is 0.493 e. The van der Waals surface area contributed by atoms with Crippen molar-refractivity contribution in [3.8, 4) is 17.2 Å². The van der Waals surface area contributed by atoms with Gasteiger partial charge in [-0.3, -0.25) is 4.79 Å². The minimum atomic E-state index is -0.0299. The van der Waals surface area contributed by atoms with E-state index in [1.807, 2.05) is 36.4 Å². The summed E-state index contributed by atoms with van der Waals surface area (Å²) in [6.45, 7) is 0.386. The van der Waals surface area contributed by atoms with Crippen molar-refractivity contribution >= 4 is 29.3 Å². The summed E-state index contributed by atoms with van der Waals surface area (Å²) in [5.41, 5.74) is 2.01. The highest BCUT2D eigenvalue weighted by Gasteiger charge is 2.13. The van der Waals surface area contributed by atoms with Gasteiger partial charge in [0.25, 0.3) is 0 Å². The molecule has 0 bridgehead atoms. The second-order valence-corrected chi connectivity index (χ2v) is 6.85. The maximum Gasteiger partial charge on any atom is 0.230 e. The highest BCUT2D eigenvalue weighted by Crippen LogP contribution is 2.38. The van der Waals surface area contributed by atoms with Gasteiger partial charge in [0, 0.05) is 17.3 Å². The molecule has 26 heavy (non-hydrogen) atoms. The molecule has 0 heterocycles. The van der Waals surface area contributed by atoms with E-state index in [0.29, 0.717) is 34.6 Å². The molecule has 0 saturated heterocycles. The number of methoxy groups -OCH3 is 3. The quantitative estimate of drug-likeness (QED) is 0.697. The molecule has 5 nitrogen and oxygen atoms in total. The summed E-state index contributed by atoms with van der Waals surface area (Å²) < 4.78 is 15.9. The molecule has 0 aliphatic rings. The zero-order chi connectivity index (χ0) is 18.9. The molecule has 0 spiro atoms. The van der Waals surface area contributed by atoms with Crippen molar-refractivity contribution in [3.05, 3.63) is 52.5 Å². The average molecular weight is 396 g/mol. The monoisotopic (exact) mass is 395 g/mol. The summed E-state index contributed by atoms with van der Waals surface area (Å²) >= 11 is 7.41. The van der Waals surface area contributed by atoms with Crippen LogP contribution in [-0.4, -0.2) is 33.0 Å². The standard InChI is InChI=1S/C19H22ClNO4S/c1-23-16-8-14(9-17(24-2)19(16)25-3)10-21-18(22)12-26-11-13-4-6-15(20)7-5-13/h4-9H,10-12H2,1-3H3,(H,21,22). The van der Waals surface area contributed by atoms with Crippen LogP contribution in [-0.2, 0) is 17.1 Å². The molecule has 0 radical (unpaired) electrons. The van der Waals surface area contributed by atoms with Crippen molar-refractivity contribution in [2.45, 2.75) is 12.3 Å². The molecule has 2 aromatic carbocycles. The van der Waals surface area contributed by atoms with E-state index in [1.54, 1.807) is 33.1 Å². The predicted molar refractivity (Wildman–Crippen MR) is 106 cm³/mol. The number of amides is 1. The number of rotatable bonds is 9. The number of thioether (sulfide) groups is 1. The fourth-order valence-electron chi connectivity index (χ4n) is 2.33. The second kappa shape index (κ2) is 10.2. The van der Waals surface area contributed by atoms with Gasteiger partial charge in [-0.2, -0.15) is 0 Å². The molecule has 0 atom stereocenters. The molecule has 0 aromatic heterocycles. The lowest BCUT2D eigenvalue weighted by molar-refractivity contribution is -0.118. The summed E-state index contributed by atoms with van der Waals surface area (Å²) in [6.07, 6.45) is 0. The topological polar surface area (TPSA) is 56.8 Å². The first-order valence-corrected chi connectivity index (χ1v) is 9.48. The molecule has 2 aromatic rings. The number of hydrogen-bond acceptors (Lipinski definition) is 5. The van der Waals surface area contributed by atoms with Crippen LogP contribution in [0.1, 0.15) is 11.1 Å². The summed E-state index contributed by atoms with van der Waals surface area (Å²) in [6, 6.07) is 11.3. The van der Waals surface area contributed by atoms with Crippen LogP contribution in [0.2, 0.25) is 5.02 Å². The summed E-state index contributed by atoms with van der Waals surface area (Å²) in [7, 11) is 4.68. The summed E-state index contributed by atoms with van der Waals surface area (Å²) in [4.78, 5) is 12.1. The summed E-state index contributed by atoms with van der Waals surface area (Å²) in [5, 5.41) is 3.61. The maximum absolute atomic E-state index is 12.1. The molecule has 140 valence electrons. The first kappa shape index (κ1) is 20.3. The van der Waals surface area contributed by atoms with Gasteiger partial charge < -0.3 is 19.5 Å². The minimum absolute atomic E-state index is 0.0299. The van der Waals surface area contributed by atoms with Crippen LogP contribution in [0.5, 0.6) is 17.2 Å². The van der Waals surface area contributed by atoms with Crippen molar-refractivity contribution in [3.63, 3.8) is 0 Å². The fourth-order valence-corrected chi connectivity index (χ4v) is 3.27. The molecule has 2 rings (SSSR count). The number of hydrogen-bond donors (Lipinski definition) is 1. The lowest BCUT2D eigenvalue weighted by Crippen LogP contribution is -2.24. The van der Waals surface area contributed by atoms with Crippen LogP contribution in [0.4, 0.5) is 0 Å². The van der Waals surface area contributed by atoms with Crippen molar-refractivity contribution in [1.82, 2.24) is 5.32 Å². The Morgan fingerprint density at radius 3 is 2.15 bits per heavy atom. The molecule has 1 amide bonds. The molecular formula is C19H22ClNO4S. The Bertz CT molecular complexity index is 712. The van der Waals surface area contributed by atoms with E-state index in [1.165, 1.54) is 0 Å². The van der Waals surface area contributed by atoms with Gasteiger partial charge >= 0.3 is 0 Å². The van der Waals surface area contributed by atoms with E-state index in [0.717, 1.165) is 16.9 Å². The third-order valence-corrected chi connectivity index (χ3v) is 4.89. The Hall–Kier alpha value is -2.05. The zero-order valence-electron chi connectivity index (χ0n) is 15.0. The van der Waals surface area contributed by atoms with Gasteiger partial charge in [0.1, 0.15) is 0 Å². The van der Waals surface area contributed by atoms with Crippen LogP contribution in [0.25, 0.3) is 0 Å². The van der Waals surface area contributed by atoms with Gasteiger partial charge in [-0.05, 0) is 35.4 Å². The molecule has 0 aliphatic carbocycles. The third-order valence-electron chi connectivity index (χ3n) is 3.63. The smallest absolute Gasteiger partial charge is 0.230 e. The predicted octanol–water partition coefficient (Wildman–Crippen LogP) is 3.92. The maximum atomic E-state index is 12.1. The van der Waals surface area contributed by atoms with Gasteiger partial charge in [0.05, 0.1) is 27.1 Å². The van der Waals surface area contributed by atoms with Gasteiger partial charge in [-0.15, -0.1) is 11.8 Å². The van der Waals surface area contributed by atoms with Crippen LogP contribution in [0.15, 0.2) is 36.4 Å². The van der Waals surface area contributed by atoms with Crippen molar-refractivity contribution in [2.75, 3.05) is 27.1 Å². The normalized spacial score (nSPS) is 10.3. The van der Waals surface area contributed by atoms with Gasteiger partial charge in [0.15, 0.2) is 11.5 Å². The number of carbonyl (C=O) groups is 1. The highest BCUT2D eigenvalue weighted by molar-refractivity contribution is 7.99. The average Bonchev–Trinajstić information content (AvgIpc) is 2.66. The number of ether oxygens (including phenoxy) is 3. The van der Waals surface area contributed by atoms with Crippen molar-refractivity contribution < 1.29 is 19.0 Å². The Morgan fingerprint density at radius 2 is 1.62 bits per heavy atom. The zero-order valence-corrected chi connectivity index (χ0v) is 16.6. The van der Waals surface area contributed by atoms with Crippen molar-refractivity contribution in [1.29, 1.82) is 0 Å². The van der Waals surface area contributed by atoms with E-state index >= 15 is 0 Å². The first-order chi connectivity index (χ1) is 12.6. The molecule has 7 heteroatoms. The SMILES string of the molecule is COc1cc(CNC(=O)CSCc2ccc(Cl)cc2)cc(OC)c1OC. The summed E-state index contributed by atoms with van der Waals surface area (Å²) in [5.74, 6) is 2.77. The Morgan fingerprint density at radius 1 is 1.00 bits per heavy atom. The van der Waals surface area contributed by atoms with E-state index in [2.05, 4.69) is 5.32 Å². The third kappa shape index (κ3) is 5.75. The number of carbonyl (C=O) groups excluding carboxylic acids is 1. The molecular weight excluding hydrogens is 374 g/mol. The number of benzene rings is 2. The van der Waals surface area contributed by atoms with Crippen LogP contribution in [0, 0.1) is 0 Å². The van der Waals surface area contributed by atoms with Crippen LogP contribution < -0.4 is 19.5 Å². The Kier molecular flexibility index (Phi) is 7.94. The minimum Gasteiger partial charge on any atom is -0.493 e. The molecule has 0 saturated carbocycles. The number of halogens is 1. The van der Waals surface area contributed by atoms with E-state index in [9.17, 15) is 4.79 Å². The molecule has 1 N–H and O–H groups in total. The van der Waals surface area contributed by atoms with E-state index in [-0.39, 0.29) is 5.91 Å². The highest BCUT2D eigenvalue weighted by atomic mass is 35.5. The van der Waals surface area contributed by atoms with E-state index < -0.39 is 0 Å². The lowest BCUT2D eigenvalue weighted by atomic mass is 10.2. The van der Waals surface area contributed by atoms with Gasteiger partial charge in [0.2, 0.25) is 11.7 Å². The van der Waals surface area contributed by atoms with Crippen molar-refractivity contribution in [2.24, 2.45) is 0 Å². The molecule has 0 unspecified atom stereocenters.